The van der Waals surface area contributed by atoms with E-state index in [-0.39, 0.29) is 6.04 Å². The van der Waals surface area contributed by atoms with Crippen LogP contribution in [0.1, 0.15) is 6.42 Å². The van der Waals surface area contributed by atoms with Gasteiger partial charge in [-0.15, -0.1) is 0 Å². The minimum absolute atomic E-state index is 0.247. The summed E-state index contributed by atoms with van der Waals surface area (Å²) in [7, 11) is 0. The molecule has 1 aromatic heterocycles. The van der Waals surface area contributed by atoms with E-state index in [9.17, 15) is 0 Å². The van der Waals surface area contributed by atoms with Crippen molar-refractivity contribution < 1.29 is 0 Å². The Kier molecular flexibility index (Phi) is 3.52. The van der Waals surface area contributed by atoms with Crippen molar-refractivity contribution in [3.8, 4) is 11.3 Å². The number of aromatic nitrogens is 2. The molecule has 3 rings (SSSR count). The zero-order valence-electron chi connectivity index (χ0n) is 10.2. The summed E-state index contributed by atoms with van der Waals surface area (Å²) in [5.74, 6) is 0.932. The summed E-state index contributed by atoms with van der Waals surface area (Å²) < 4.78 is 0.964. The molecule has 1 aliphatic heterocycles. The summed E-state index contributed by atoms with van der Waals surface area (Å²) in [6.07, 6.45) is 1.02. The van der Waals surface area contributed by atoms with Gasteiger partial charge in [0.25, 0.3) is 0 Å². The van der Waals surface area contributed by atoms with E-state index < -0.39 is 0 Å². The van der Waals surface area contributed by atoms with Crippen molar-refractivity contribution in [2.75, 3.05) is 18.0 Å². The zero-order valence-corrected chi connectivity index (χ0v) is 12.6. The molecule has 100 valence electrons. The van der Waals surface area contributed by atoms with Crippen molar-refractivity contribution in [1.82, 2.24) is 10.2 Å². The second-order valence-corrected chi connectivity index (χ2v) is 6.08. The van der Waals surface area contributed by atoms with Crippen molar-refractivity contribution in [2.24, 2.45) is 5.73 Å². The lowest BCUT2D eigenvalue weighted by Crippen LogP contribution is -2.26. The maximum absolute atomic E-state index is 6.24. The molecule has 1 fully saturated rings. The Labute approximate surface area is 125 Å². The van der Waals surface area contributed by atoms with Crippen LogP contribution in [-0.2, 0) is 0 Å². The first kappa shape index (κ1) is 13.0. The maximum atomic E-state index is 6.24. The van der Waals surface area contributed by atoms with Crippen LogP contribution in [0, 0.1) is 0 Å². The predicted octanol–water partition coefficient (Wildman–Crippen LogP) is 3.03. The number of anilines is 1. The Hall–Kier alpha value is -1.04. The highest BCUT2D eigenvalue weighted by molar-refractivity contribution is 9.10. The fourth-order valence-corrected chi connectivity index (χ4v) is 3.09. The molecule has 1 unspecified atom stereocenters. The van der Waals surface area contributed by atoms with E-state index in [0.29, 0.717) is 5.02 Å². The number of halogens is 2. The van der Waals surface area contributed by atoms with Gasteiger partial charge in [-0.3, -0.25) is 5.10 Å². The standard InChI is InChI=1S/C13H14BrClN4/c14-8-1-2-10(11(15)5-8)12-6-13(18-17-12)19-4-3-9(16)7-19/h1-2,5-6,9H,3-4,7,16H2,(H,17,18). The molecule has 1 aliphatic rings. The number of rotatable bonds is 2. The Morgan fingerprint density at radius 3 is 2.95 bits per heavy atom. The molecule has 0 radical (unpaired) electrons. The van der Waals surface area contributed by atoms with Crippen LogP contribution in [0.3, 0.4) is 0 Å². The van der Waals surface area contributed by atoms with Gasteiger partial charge in [-0.05, 0) is 18.6 Å². The first-order valence-electron chi connectivity index (χ1n) is 6.15. The molecule has 0 bridgehead atoms. The summed E-state index contributed by atoms with van der Waals surface area (Å²) in [4.78, 5) is 2.19. The molecule has 1 saturated heterocycles. The third-order valence-corrected chi connectivity index (χ3v) is 4.14. The van der Waals surface area contributed by atoms with Gasteiger partial charge in [0, 0.05) is 35.2 Å². The third-order valence-electron chi connectivity index (χ3n) is 3.33. The highest BCUT2D eigenvalue weighted by Crippen LogP contribution is 2.31. The van der Waals surface area contributed by atoms with Crippen LogP contribution in [0.5, 0.6) is 0 Å². The third kappa shape index (κ3) is 2.63. The molecule has 6 heteroatoms. The van der Waals surface area contributed by atoms with Gasteiger partial charge in [-0.2, -0.15) is 5.10 Å². The molecular formula is C13H14BrClN4. The summed E-state index contributed by atoms with van der Waals surface area (Å²) in [6.45, 7) is 1.82. The number of benzene rings is 1. The molecular weight excluding hydrogens is 328 g/mol. The fourth-order valence-electron chi connectivity index (χ4n) is 2.31. The van der Waals surface area contributed by atoms with Crippen LogP contribution >= 0.6 is 27.5 Å². The van der Waals surface area contributed by atoms with E-state index in [1.54, 1.807) is 0 Å². The summed E-state index contributed by atoms with van der Waals surface area (Å²) in [5, 5.41) is 8.09. The fraction of sp³-hybridized carbons (Fsp3) is 0.308. The van der Waals surface area contributed by atoms with E-state index in [2.05, 4.69) is 31.0 Å². The average molecular weight is 342 g/mol. The summed E-state index contributed by atoms with van der Waals surface area (Å²) in [6, 6.07) is 8.08. The number of nitrogens with zero attached hydrogens (tertiary/aromatic N) is 2. The van der Waals surface area contributed by atoms with Crippen LogP contribution in [0.2, 0.25) is 5.02 Å². The molecule has 4 nitrogen and oxygen atoms in total. The van der Waals surface area contributed by atoms with Crippen molar-refractivity contribution in [2.45, 2.75) is 12.5 Å². The Morgan fingerprint density at radius 1 is 1.42 bits per heavy atom. The van der Waals surface area contributed by atoms with Crippen LogP contribution in [0.25, 0.3) is 11.3 Å². The monoisotopic (exact) mass is 340 g/mol. The average Bonchev–Trinajstić information content (AvgIpc) is 2.97. The van der Waals surface area contributed by atoms with E-state index in [0.717, 1.165) is 41.1 Å². The van der Waals surface area contributed by atoms with Gasteiger partial charge in [0.05, 0.1) is 10.7 Å². The van der Waals surface area contributed by atoms with Crippen LogP contribution in [0.15, 0.2) is 28.7 Å². The molecule has 2 aromatic rings. The van der Waals surface area contributed by atoms with Gasteiger partial charge in [0.2, 0.25) is 0 Å². The lowest BCUT2D eigenvalue weighted by Gasteiger charge is -2.13. The Morgan fingerprint density at radius 2 is 2.26 bits per heavy atom. The quantitative estimate of drug-likeness (QED) is 0.883. The molecule has 3 N–H and O–H groups in total. The molecule has 0 spiro atoms. The lowest BCUT2D eigenvalue weighted by atomic mass is 10.1. The Balaban J connectivity index is 1.88. The number of H-pyrrole nitrogens is 1. The minimum Gasteiger partial charge on any atom is -0.354 e. The number of hydrogen-bond acceptors (Lipinski definition) is 3. The maximum Gasteiger partial charge on any atom is 0.151 e. The van der Waals surface area contributed by atoms with Crippen LogP contribution < -0.4 is 10.6 Å². The predicted molar refractivity (Wildman–Crippen MR) is 81.5 cm³/mol. The lowest BCUT2D eigenvalue weighted by molar-refractivity contribution is 0.751. The molecule has 19 heavy (non-hydrogen) atoms. The molecule has 1 aromatic carbocycles. The largest absolute Gasteiger partial charge is 0.354 e. The summed E-state index contributed by atoms with van der Waals surface area (Å²) in [5.41, 5.74) is 7.79. The van der Waals surface area contributed by atoms with E-state index in [4.69, 9.17) is 17.3 Å². The normalized spacial score (nSPS) is 19.1. The van der Waals surface area contributed by atoms with Gasteiger partial charge in [0.1, 0.15) is 0 Å². The Bertz CT molecular complexity index is 598. The van der Waals surface area contributed by atoms with Gasteiger partial charge < -0.3 is 10.6 Å². The first-order valence-corrected chi connectivity index (χ1v) is 7.32. The van der Waals surface area contributed by atoms with E-state index >= 15 is 0 Å². The van der Waals surface area contributed by atoms with Gasteiger partial charge in [0.15, 0.2) is 5.82 Å². The van der Waals surface area contributed by atoms with Crippen molar-refractivity contribution >= 4 is 33.3 Å². The number of nitrogens with two attached hydrogens (primary N) is 1. The van der Waals surface area contributed by atoms with Crippen molar-refractivity contribution in [3.63, 3.8) is 0 Å². The number of aromatic amines is 1. The second kappa shape index (κ2) is 5.15. The molecule has 0 saturated carbocycles. The van der Waals surface area contributed by atoms with Crippen molar-refractivity contribution in [1.29, 1.82) is 0 Å². The minimum atomic E-state index is 0.247. The van der Waals surface area contributed by atoms with Gasteiger partial charge in [-0.1, -0.05) is 33.6 Å². The topological polar surface area (TPSA) is 57.9 Å². The molecule has 1 atom stereocenters. The number of hydrogen-bond donors (Lipinski definition) is 2. The summed E-state index contributed by atoms with van der Waals surface area (Å²) >= 11 is 9.65. The highest BCUT2D eigenvalue weighted by Gasteiger charge is 2.21. The van der Waals surface area contributed by atoms with Gasteiger partial charge >= 0.3 is 0 Å². The number of nitrogens with one attached hydrogen (secondary N) is 1. The van der Waals surface area contributed by atoms with E-state index in [1.165, 1.54) is 0 Å². The second-order valence-electron chi connectivity index (χ2n) is 4.76. The van der Waals surface area contributed by atoms with Crippen LogP contribution in [-0.4, -0.2) is 29.3 Å². The zero-order chi connectivity index (χ0) is 13.4. The molecule has 2 heterocycles. The van der Waals surface area contributed by atoms with Gasteiger partial charge in [-0.25, -0.2) is 0 Å². The molecule has 0 aliphatic carbocycles. The van der Waals surface area contributed by atoms with Crippen LogP contribution in [0.4, 0.5) is 5.82 Å². The molecule has 0 amide bonds. The van der Waals surface area contributed by atoms with E-state index in [1.807, 2.05) is 24.3 Å². The SMILES string of the molecule is NC1CCN(c2cc(-c3ccc(Br)cc3Cl)[nH]n2)C1. The van der Waals surface area contributed by atoms with Crippen molar-refractivity contribution in [3.05, 3.63) is 33.8 Å². The first-order chi connectivity index (χ1) is 9.13. The highest BCUT2D eigenvalue weighted by atomic mass is 79.9. The smallest absolute Gasteiger partial charge is 0.151 e.